The molecule has 0 N–H and O–H groups in total. The predicted molar refractivity (Wildman–Crippen MR) is 149 cm³/mol. The van der Waals surface area contributed by atoms with Gasteiger partial charge < -0.3 is 9.30 Å². The van der Waals surface area contributed by atoms with E-state index in [9.17, 15) is 4.79 Å². The van der Waals surface area contributed by atoms with Crippen LogP contribution < -0.4 is 10.3 Å². The van der Waals surface area contributed by atoms with Crippen LogP contribution >= 0.6 is 24.8 Å². The highest BCUT2D eigenvalue weighted by Crippen LogP contribution is 2.29. The maximum absolute atomic E-state index is 12.0. The molecule has 1 fully saturated rings. The van der Waals surface area contributed by atoms with E-state index < -0.39 is 0 Å². The van der Waals surface area contributed by atoms with Gasteiger partial charge in [0.1, 0.15) is 5.75 Å². The summed E-state index contributed by atoms with van der Waals surface area (Å²) in [5.74, 6) is 0.879. The number of hydrogen-bond donors (Lipinski definition) is 0. The van der Waals surface area contributed by atoms with Gasteiger partial charge in [-0.1, -0.05) is 38.7 Å². The Bertz CT molecular complexity index is 1080. The smallest absolute Gasteiger partial charge is 0.250 e. The van der Waals surface area contributed by atoms with E-state index in [0.717, 1.165) is 48.9 Å². The SMILES string of the molecule is CCCCC(Oc1ccc2c(ccc(=O)n2C)c1)N(CCc1cccnc1)C1CCCCC1.Cl.Cl. The van der Waals surface area contributed by atoms with E-state index >= 15 is 0 Å². The first-order chi connectivity index (χ1) is 16.2. The number of aryl methyl sites for hydroxylation is 1. The van der Waals surface area contributed by atoms with Gasteiger partial charge in [-0.25, -0.2) is 0 Å². The van der Waals surface area contributed by atoms with Crippen LogP contribution in [0, 0.1) is 0 Å². The van der Waals surface area contributed by atoms with Crippen molar-refractivity contribution in [2.24, 2.45) is 7.05 Å². The first-order valence-corrected chi connectivity index (χ1v) is 12.6. The lowest BCUT2D eigenvalue weighted by Gasteiger charge is -2.40. The lowest BCUT2D eigenvalue weighted by molar-refractivity contribution is -0.0221. The Hall–Kier alpha value is -2.08. The molecule has 0 saturated heterocycles. The first-order valence-electron chi connectivity index (χ1n) is 12.6. The van der Waals surface area contributed by atoms with E-state index in [4.69, 9.17) is 4.74 Å². The fraction of sp³-hybridized carbons (Fsp3) is 0.500. The topological polar surface area (TPSA) is 47.4 Å². The van der Waals surface area contributed by atoms with E-state index in [0.29, 0.717) is 6.04 Å². The molecule has 3 aromatic rings. The molecule has 0 aliphatic heterocycles. The molecule has 0 bridgehead atoms. The minimum Gasteiger partial charge on any atom is -0.475 e. The molecule has 0 radical (unpaired) electrons. The summed E-state index contributed by atoms with van der Waals surface area (Å²) in [5.41, 5.74) is 2.22. The summed E-state index contributed by atoms with van der Waals surface area (Å²) in [6.07, 6.45) is 14.6. The number of unbranched alkanes of at least 4 members (excludes halogenated alkanes) is 1. The second-order valence-electron chi connectivity index (χ2n) is 9.31. The van der Waals surface area contributed by atoms with Gasteiger partial charge in [-0.2, -0.15) is 0 Å². The fourth-order valence-corrected chi connectivity index (χ4v) is 5.04. The fourth-order valence-electron chi connectivity index (χ4n) is 5.04. The van der Waals surface area contributed by atoms with Crippen LogP contribution in [0.15, 0.2) is 59.7 Å². The predicted octanol–water partition coefficient (Wildman–Crippen LogP) is 6.55. The number of halogens is 2. The summed E-state index contributed by atoms with van der Waals surface area (Å²) in [6.45, 7) is 3.22. The van der Waals surface area contributed by atoms with Gasteiger partial charge in [-0.15, -0.1) is 24.8 Å². The van der Waals surface area contributed by atoms with Gasteiger partial charge in [0, 0.05) is 43.5 Å². The number of rotatable bonds is 10. The standard InChI is InChI=1S/C28H37N3O2.2ClH/c1-3-4-12-28(33-25-14-15-26-23(20-25)13-16-27(32)30(26)2)31(24-10-6-5-7-11-24)19-17-22-9-8-18-29-21-22;;/h8-9,13-16,18,20-21,24,28H,3-7,10-12,17,19H2,1-2H3;2*1H. The molecule has 7 heteroatoms. The van der Waals surface area contributed by atoms with Crippen molar-refractivity contribution in [2.75, 3.05) is 6.54 Å². The zero-order chi connectivity index (χ0) is 23.0. The van der Waals surface area contributed by atoms with Gasteiger partial charge in [-0.3, -0.25) is 14.7 Å². The summed E-state index contributed by atoms with van der Waals surface area (Å²) in [7, 11) is 1.82. The molecular weight excluding hydrogens is 481 g/mol. The number of ether oxygens (including phenoxy) is 1. The van der Waals surface area contributed by atoms with E-state index in [1.165, 1.54) is 37.7 Å². The highest BCUT2D eigenvalue weighted by molar-refractivity contribution is 5.85. The monoisotopic (exact) mass is 519 g/mol. The van der Waals surface area contributed by atoms with Crippen LogP contribution in [-0.4, -0.2) is 33.3 Å². The lowest BCUT2D eigenvalue weighted by atomic mass is 9.93. The summed E-state index contributed by atoms with van der Waals surface area (Å²) < 4.78 is 8.41. The van der Waals surface area contributed by atoms with Crippen molar-refractivity contribution >= 4 is 35.7 Å². The molecule has 2 heterocycles. The molecule has 0 spiro atoms. The van der Waals surface area contributed by atoms with Crippen molar-refractivity contribution in [2.45, 2.75) is 77.0 Å². The van der Waals surface area contributed by atoms with Crippen molar-refractivity contribution in [3.63, 3.8) is 0 Å². The number of pyridine rings is 2. The van der Waals surface area contributed by atoms with Crippen LogP contribution in [0.5, 0.6) is 5.75 Å². The van der Waals surface area contributed by atoms with Gasteiger partial charge in [0.15, 0.2) is 6.23 Å². The van der Waals surface area contributed by atoms with E-state index in [2.05, 4.69) is 28.9 Å². The third-order valence-corrected chi connectivity index (χ3v) is 6.97. The molecule has 4 rings (SSSR count). The quantitative estimate of drug-likeness (QED) is 0.285. The van der Waals surface area contributed by atoms with Gasteiger partial charge in [-0.05, 0) is 68.0 Å². The molecule has 1 aromatic carbocycles. The van der Waals surface area contributed by atoms with Crippen molar-refractivity contribution < 1.29 is 4.74 Å². The van der Waals surface area contributed by atoms with E-state index in [-0.39, 0.29) is 36.6 Å². The van der Waals surface area contributed by atoms with Crippen molar-refractivity contribution in [1.82, 2.24) is 14.5 Å². The number of fused-ring (bicyclic) bond motifs is 1. The summed E-state index contributed by atoms with van der Waals surface area (Å²) in [6, 6.07) is 14.4. The van der Waals surface area contributed by atoms with Crippen LogP contribution in [0.2, 0.25) is 0 Å². The van der Waals surface area contributed by atoms with Crippen LogP contribution in [0.1, 0.15) is 63.9 Å². The average molecular weight is 521 g/mol. The Morgan fingerprint density at radius 1 is 1.11 bits per heavy atom. The van der Waals surface area contributed by atoms with Gasteiger partial charge >= 0.3 is 0 Å². The lowest BCUT2D eigenvalue weighted by Crippen LogP contribution is -2.48. The second kappa shape index (κ2) is 14.5. The maximum atomic E-state index is 12.0. The molecule has 1 aliphatic carbocycles. The van der Waals surface area contributed by atoms with E-state index in [1.807, 2.05) is 43.7 Å². The number of hydrogen-bond acceptors (Lipinski definition) is 4. The molecule has 5 nitrogen and oxygen atoms in total. The molecule has 1 atom stereocenters. The first kappa shape index (κ1) is 29.2. The molecular formula is C28H39Cl2N3O2. The minimum atomic E-state index is 0. The molecule has 2 aromatic heterocycles. The largest absolute Gasteiger partial charge is 0.475 e. The average Bonchev–Trinajstić information content (AvgIpc) is 2.86. The molecule has 0 amide bonds. The summed E-state index contributed by atoms with van der Waals surface area (Å²) >= 11 is 0. The summed E-state index contributed by atoms with van der Waals surface area (Å²) in [5, 5.41) is 1.03. The highest BCUT2D eigenvalue weighted by Gasteiger charge is 2.28. The van der Waals surface area contributed by atoms with Crippen LogP contribution in [0.4, 0.5) is 0 Å². The third-order valence-electron chi connectivity index (χ3n) is 6.97. The Morgan fingerprint density at radius 2 is 1.91 bits per heavy atom. The Morgan fingerprint density at radius 3 is 2.63 bits per heavy atom. The molecule has 1 unspecified atom stereocenters. The summed E-state index contributed by atoms with van der Waals surface area (Å²) in [4.78, 5) is 18.9. The Kier molecular flexibility index (Phi) is 12.1. The van der Waals surface area contributed by atoms with Gasteiger partial charge in [0.2, 0.25) is 0 Å². The number of benzene rings is 1. The third kappa shape index (κ3) is 7.70. The number of nitrogens with zero attached hydrogens (tertiary/aromatic N) is 3. The zero-order valence-corrected chi connectivity index (χ0v) is 22.5. The Balaban J connectivity index is 0.00000216. The normalized spacial score (nSPS) is 14.8. The van der Waals surface area contributed by atoms with Crippen molar-refractivity contribution in [3.05, 3.63) is 70.8 Å². The van der Waals surface area contributed by atoms with Gasteiger partial charge in [0.05, 0.1) is 5.52 Å². The van der Waals surface area contributed by atoms with Crippen LogP contribution in [-0.2, 0) is 13.5 Å². The zero-order valence-electron chi connectivity index (χ0n) is 20.9. The van der Waals surface area contributed by atoms with Gasteiger partial charge in [0.25, 0.3) is 5.56 Å². The second-order valence-corrected chi connectivity index (χ2v) is 9.31. The van der Waals surface area contributed by atoms with Crippen LogP contribution in [0.25, 0.3) is 10.9 Å². The van der Waals surface area contributed by atoms with Crippen molar-refractivity contribution in [3.8, 4) is 5.75 Å². The molecule has 192 valence electrons. The minimum absolute atomic E-state index is 0. The maximum Gasteiger partial charge on any atom is 0.250 e. The Labute approximate surface area is 221 Å². The highest BCUT2D eigenvalue weighted by atomic mass is 35.5. The molecule has 1 saturated carbocycles. The van der Waals surface area contributed by atoms with Crippen LogP contribution in [0.3, 0.4) is 0 Å². The van der Waals surface area contributed by atoms with Crippen molar-refractivity contribution in [1.29, 1.82) is 0 Å². The van der Waals surface area contributed by atoms with E-state index in [1.54, 1.807) is 10.6 Å². The number of aromatic nitrogens is 2. The molecule has 1 aliphatic rings. The molecule has 35 heavy (non-hydrogen) atoms.